The largest absolute Gasteiger partial charge is 0.318 e. The van der Waals surface area contributed by atoms with Crippen LogP contribution in [-0.2, 0) is 0 Å². The molecule has 0 N–H and O–H groups in total. The molecule has 2 heterocycles. The van der Waals surface area contributed by atoms with E-state index in [1.807, 2.05) is 12.3 Å². The van der Waals surface area contributed by atoms with Gasteiger partial charge in [-0.2, -0.15) is 0 Å². The van der Waals surface area contributed by atoms with Gasteiger partial charge in [0.15, 0.2) is 0 Å². The number of hydrogen-bond donors (Lipinski definition) is 0. The van der Waals surface area contributed by atoms with E-state index in [9.17, 15) is 0 Å². The van der Waals surface area contributed by atoms with Crippen LogP contribution in [0.15, 0.2) is 212 Å². The molecule has 0 fully saturated rings. The lowest BCUT2D eigenvalue weighted by Crippen LogP contribution is -2.07. The Morgan fingerprint density at radius 1 is 0.390 bits per heavy atom. The Hall–Kier alpha value is -7.55. The maximum atomic E-state index is 4.85. The molecule has 0 saturated carbocycles. The number of aromatic nitrogens is 2. The minimum absolute atomic E-state index is 0.258. The quantitative estimate of drug-likeness (QED) is 0.160. The summed E-state index contributed by atoms with van der Waals surface area (Å²) in [6.07, 6.45) is 11.7. The zero-order valence-corrected chi connectivity index (χ0v) is 32.4. The Morgan fingerprint density at radius 2 is 0.915 bits per heavy atom. The van der Waals surface area contributed by atoms with Crippen molar-refractivity contribution in [1.82, 2.24) is 9.55 Å². The van der Waals surface area contributed by atoms with Crippen LogP contribution in [0.1, 0.15) is 12.5 Å². The van der Waals surface area contributed by atoms with Crippen molar-refractivity contribution in [1.29, 1.82) is 0 Å². The molecule has 59 heavy (non-hydrogen) atoms. The van der Waals surface area contributed by atoms with Gasteiger partial charge in [0, 0.05) is 17.0 Å². The standard InChI is InChI=1S/C57H38N2/c1-2-16-47(17-3-1)59-54-30-29-44(36-53(54)52-22-11-31-58-57(52)59)40-15-10-14-39(32-40)41-24-25-43-35-46(28-26-42(43)33-41)56-50-20-8-6-18-48(50)55(49-19-7-9-21-51(49)56)45-27-23-37-12-4-5-13-38(37)34-45/h1-16,18-36,47H,17H2. The van der Waals surface area contributed by atoms with E-state index >= 15 is 0 Å². The molecule has 2 aromatic heterocycles. The molecule has 11 aromatic rings. The van der Waals surface area contributed by atoms with Crippen LogP contribution in [0.5, 0.6) is 0 Å². The topological polar surface area (TPSA) is 17.8 Å². The molecule has 1 aliphatic carbocycles. The second-order valence-corrected chi connectivity index (χ2v) is 15.9. The minimum Gasteiger partial charge on any atom is -0.318 e. The van der Waals surface area contributed by atoms with E-state index in [0.29, 0.717) is 0 Å². The summed E-state index contributed by atoms with van der Waals surface area (Å²) in [5.74, 6) is 0. The van der Waals surface area contributed by atoms with Gasteiger partial charge in [-0.15, -0.1) is 0 Å². The van der Waals surface area contributed by atoms with Crippen LogP contribution < -0.4 is 0 Å². The smallest absolute Gasteiger partial charge is 0.141 e. The van der Waals surface area contributed by atoms with Crippen LogP contribution in [0, 0.1) is 0 Å². The summed E-state index contributed by atoms with van der Waals surface area (Å²) in [6, 6.07) is 67.6. The Balaban J connectivity index is 0.931. The maximum absolute atomic E-state index is 4.85. The SMILES string of the molecule is C1=CCC(n2c3ccc(-c4cccc(-c5ccc6cc(-c7c8ccccc8c(-c8ccc9ccccc9c8)c8ccccc78)ccc6c5)c4)cc3c3cccnc32)C=C1. The molecule has 0 bridgehead atoms. The number of fused-ring (bicyclic) bond motifs is 7. The van der Waals surface area contributed by atoms with E-state index in [4.69, 9.17) is 4.98 Å². The molecule has 1 unspecified atom stereocenters. The van der Waals surface area contributed by atoms with Gasteiger partial charge in [0.1, 0.15) is 5.65 Å². The highest BCUT2D eigenvalue weighted by molar-refractivity contribution is 6.22. The van der Waals surface area contributed by atoms with E-state index in [0.717, 1.165) is 12.1 Å². The predicted molar refractivity (Wildman–Crippen MR) is 251 cm³/mol. The zero-order valence-electron chi connectivity index (χ0n) is 32.4. The Kier molecular flexibility index (Phi) is 7.71. The highest BCUT2D eigenvalue weighted by Gasteiger charge is 2.20. The zero-order chi connectivity index (χ0) is 38.9. The molecule has 0 saturated heterocycles. The molecule has 0 aliphatic heterocycles. The van der Waals surface area contributed by atoms with Crippen molar-refractivity contribution in [3.8, 4) is 44.5 Å². The van der Waals surface area contributed by atoms with Gasteiger partial charge in [-0.05, 0) is 143 Å². The predicted octanol–water partition coefficient (Wildman–Crippen LogP) is 15.5. The number of pyridine rings is 1. The molecule has 0 radical (unpaired) electrons. The summed E-state index contributed by atoms with van der Waals surface area (Å²) in [5, 5.41) is 12.5. The highest BCUT2D eigenvalue weighted by atomic mass is 15.1. The molecular weight excluding hydrogens is 713 g/mol. The third kappa shape index (κ3) is 5.52. The van der Waals surface area contributed by atoms with Gasteiger partial charge >= 0.3 is 0 Å². The van der Waals surface area contributed by atoms with E-state index in [2.05, 4.69) is 205 Å². The number of allylic oxidation sites excluding steroid dienone is 4. The molecule has 12 rings (SSSR count). The molecule has 2 heteroatoms. The van der Waals surface area contributed by atoms with Crippen LogP contribution in [-0.4, -0.2) is 9.55 Å². The third-order valence-corrected chi connectivity index (χ3v) is 12.5. The third-order valence-electron chi connectivity index (χ3n) is 12.5. The summed E-state index contributed by atoms with van der Waals surface area (Å²) >= 11 is 0. The van der Waals surface area contributed by atoms with Crippen molar-refractivity contribution in [2.75, 3.05) is 0 Å². The van der Waals surface area contributed by atoms with Gasteiger partial charge in [-0.25, -0.2) is 4.98 Å². The number of rotatable bonds is 5. The summed E-state index contributed by atoms with van der Waals surface area (Å²) in [4.78, 5) is 4.85. The number of hydrogen-bond acceptors (Lipinski definition) is 1. The monoisotopic (exact) mass is 750 g/mol. The van der Waals surface area contributed by atoms with E-state index in [1.165, 1.54) is 104 Å². The van der Waals surface area contributed by atoms with E-state index in [1.54, 1.807) is 0 Å². The molecular formula is C57H38N2. The first kappa shape index (κ1) is 33.6. The fourth-order valence-corrected chi connectivity index (χ4v) is 9.70. The Labute approximate surface area is 342 Å². The second-order valence-electron chi connectivity index (χ2n) is 15.9. The average Bonchev–Trinajstić information content (AvgIpc) is 3.64. The van der Waals surface area contributed by atoms with Crippen LogP contribution in [0.3, 0.4) is 0 Å². The molecule has 0 amide bonds. The van der Waals surface area contributed by atoms with E-state index in [-0.39, 0.29) is 6.04 Å². The van der Waals surface area contributed by atoms with Crippen LogP contribution in [0.4, 0.5) is 0 Å². The summed E-state index contributed by atoms with van der Waals surface area (Å²) in [7, 11) is 0. The molecule has 1 aliphatic rings. The van der Waals surface area contributed by atoms with Gasteiger partial charge in [0.05, 0.1) is 11.6 Å². The molecule has 0 spiro atoms. The Bertz CT molecular complexity index is 3490. The van der Waals surface area contributed by atoms with Crippen molar-refractivity contribution in [2.24, 2.45) is 0 Å². The lowest BCUT2D eigenvalue weighted by Gasteiger charge is -2.18. The fraction of sp³-hybridized carbons (Fsp3) is 0.0351. The number of nitrogens with zero attached hydrogens (tertiary/aromatic N) is 2. The molecule has 2 nitrogen and oxygen atoms in total. The highest BCUT2D eigenvalue weighted by Crippen LogP contribution is 2.45. The first-order chi connectivity index (χ1) is 29.2. The van der Waals surface area contributed by atoms with Crippen molar-refractivity contribution in [3.63, 3.8) is 0 Å². The van der Waals surface area contributed by atoms with Crippen molar-refractivity contribution in [3.05, 3.63) is 212 Å². The molecule has 276 valence electrons. The van der Waals surface area contributed by atoms with Gasteiger partial charge in [-0.1, -0.05) is 158 Å². The van der Waals surface area contributed by atoms with Gasteiger partial charge in [0.2, 0.25) is 0 Å². The number of benzene rings is 9. The molecule has 1 atom stereocenters. The lowest BCUT2D eigenvalue weighted by atomic mass is 9.85. The van der Waals surface area contributed by atoms with Gasteiger partial charge < -0.3 is 4.57 Å². The summed E-state index contributed by atoms with van der Waals surface area (Å²) in [6.45, 7) is 0. The van der Waals surface area contributed by atoms with Crippen LogP contribution in [0.25, 0.3) is 110 Å². The van der Waals surface area contributed by atoms with Crippen molar-refractivity contribution >= 4 is 65.0 Å². The second kappa shape index (κ2) is 13.5. The fourth-order valence-electron chi connectivity index (χ4n) is 9.70. The molecule has 9 aromatic carbocycles. The summed E-state index contributed by atoms with van der Waals surface area (Å²) < 4.78 is 2.40. The van der Waals surface area contributed by atoms with Gasteiger partial charge in [-0.3, -0.25) is 0 Å². The maximum Gasteiger partial charge on any atom is 0.141 e. The minimum atomic E-state index is 0.258. The lowest BCUT2D eigenvalue weighted by molar-refractivity contribution is 0.643. The first-order valence-electron chi connectivity index (χ1n) is 20.5. The van der Waals surface area contributed by atoms with Gasteiger partial charge in [0.25, 0.3) is 0 Å². The average molecular weight is 751 g/mol. The Morgan fingerprint density at radius 3 is 1.58 bits per heavy atom. The summed E-state index contributed by atoms with van der Waals surface area (Å²) in [5.41, 5.74) is 12.1. The van der Waals surface area contributed by atoms with Crippen molar-refractivity contribution in [2.45, 2.75) is 12.5 Å². The first-order valence-corrected chi connectivity index (χ1v) is 20.5. The van der Waals surface area contributed by atoms with Crippen LogP contribution in [0.2, 0.25) is 0 Å². The van der Waals surface area contributed by atoms with E-state index < -0.39 is 0 Å². The normalized spacial score (nSPS) is 14.1. The van der Waals surface area contributed by atoms with Crippen LogP contribution >= 0.6 is 0 Å². The van der Waals surface area contributed by atoms with Crippen molar-refractivity contribution < 1.29 is 0 Å².